The molecule has 0 amide bonds. The Morgan fingerprint density at radius 1 is 0.714 bits per heavy atom. The maximum absolute atomic E-state index is 13.1. The maximum atomic E-state index is 13.1. The molecule has 2 heterocycles. The number of ether oxygens (including phenoxy) is 1. The molecule has 0 bridgehead atoms. The van der Waals surface area contributed by atoms with Crippen molar-refractivity contribution in [3.63, 3.8) is 0 Å². The highest BCUT2D eigenvalue weighted by Gasteiger charge is 2.39. The number of anilines is 2. The molecule has 0 aromatic heterocycles. The smallest absolute Gasteiger partial charge is 0.339 e. The number of carbonyl (C=O) groups is 3. The van der Waals surface area contributed by atoms with Crippen LogP contribution in [-0.2, 0) is 25.2 Å². The lowest BCUT2D eigenvalue weighted by atomic mass is 9.83. The zero-order chi connectivity index (χ0) is 30.2. The van der Waals surface area contributed by atoms with Gasteiger partial charge in [0.15, 0.2) is 18.2 Å². The Labute approximate surface area is 252 Å². The first-order valence-electron chi connectivity index (χ1n) is 14.0. The van der Waals surface area contributed by atoms with E-state index in [0.717, 1.165) is 28.3 Å². The van der Waals surface area contributed by atoms with E-state index < -0.39 is 5.97 Å². The number of hydrogen-bond donors (Lipinski definition) is 0. The molecule has 42 heavy (non-hydrogen) atoms. The molecule has 0 saturated heterocycles. The normalized spacial score (nSPS) is 18.2. The van der Waals surface area contributed by atoms with Gasteiger partial charge < -0.3 is 14.5 Å². The van der Waals surface area contributed by atoms with E-state index in [0.29, 0.717) is 10.5 Å². The molecular formula is C35H36N2O4S. The van der Waals surface area contributed by atoms with Crippen molar-refractivity contribution < 1.29 is 19.1 Å². The van der Waals surface area contributed by atoms with Crippen LogP contribution in [0.4, 0.5) is 11.4 Å². The average Bonchev–Trinajstić information content (AvgIpc) is 3.29. The van der Waals surface area contributed by atoms with E-state index in [1.807, 2.05) is 55.4 Å². The number of ketones is 2. The minimum atomic E-state index is -0.593. The molecule has 0 spiro atoms. The molecule has 0 atom stereocenters. The summed E-state index contributed by atoms with van der Waals surface area (Å²) in [5.74, 6) is -0.759. The topological polar surface area (TPSA) is 66.9 Å². The summed E-state index contributed by atoms with van der Waals surface area (Å²) in [5, 5.41) is 0. The predicted molar refractivity (Wildman–Crippen MR) is 169 cm³/mol. The molecule has 3 aromatic rings. The van der Waals surface area contributed by atoms with Crippen LogP contribution >= 0.6 is 11.8 Å². The van der Waals surface area contributed by atoms with Crippen molar-refractivity contribution >= 4 is 40.7 Å². The van der Waals surface area contributed by atoms with Gasteiger partial charge >= 0.3 is 5.97 Å². The van der Waals surface area contributed by atoms with E-state index >= 15 is 0 Å². The first-order chi connectivity index (χ1) is 19.9. The van der Waals surface area contributed by atoms with E-state index in [1.165, 1.54) is 17.3 Å². The van der Waals surface area contributed by atoms with Crippen LogP contribution in [0.15, 0.2) is 101 Å². The summed E-state index contributed by atoms with van der Waals surface area (Å²) in [5.41, 5.74) is 5.98. The van der Waals surface area contributed by atoms with Crippen molar-refractivity contribution in [2.45, 2.75) is 43.4 Å². The first kappa shape index (κ1) is 29.4. The third-order valence-electron chi connectivity index (χ3n) is 8.30. The zero-order valence-electron chi connectivity index (χ0n) is 24.9. The lowest BCUT2D eigenvalue weighted by Crippen LogP contribution is -2.25. The van der Waals surface area contributed by atoms with Crippen LogP contribution in [0.3, 0.4) is 0 Å². The van der Waals surface area contributed by atoms with Crippen molar-refractivity contribution in [3.8, 4) is 0 Å². The van der Waals surface area contributed by atoms with Crippen molar-refractivity contribution in [2.24, 2.45) is 0 Å². The molecule has 2 aliphatic heterocycles. The van der Waals surface area contributed by atoms with E-state index in [4.69, 9.17) is 4.74 Å². The fourth-order valence-corrected chi connectivity index (χ4v) is 6.89. The number of para-hydroxylation sites is 2. The molecule has 0 radical (unpaired) electrons. The van der Waals surface area contributed by atoms with E-state index in [9.17, 15) is 14.4 Å². The van der Waals surface area contributed by atoms with Gasteiger partial charge in [-0.1, -0.05) is 76.2 Å². The number of hydrogen-bond acceptors (Lipinski definition) is 7. The lowest BCUT2D eigenvalue weighted by molar-refractivity contribution is -0.117. The second-order valence-electron chi connectivity index (χ2n) is 11.8. The van der Waals surface area contributed by atoms with E-state index in [2.05, 4.69) is 50.8 Å². The monoisotopic (exact) mass is 580 g/mol. The van der Waals surface area contributed by atoms with Crippen molar-refractivity contribution in [1.82, 2.24) is 0 Å². The van der Waals surface area contributed by atoms with E-state index in [-0.39, 0.29) is 34.8 Å². The number of thioether (sulfide) groups is 1. The van der Waals surface area contributed by atoms with Crippen molar-refractivity contribution in [3.05, 3.63) is 113 Å². The van der Waals surface area contributed by atoms with Crippen LogP contribution < -0.4 is 9.80 Å². The maximum Gasteiger partial charge on any atom is 0.339 e. The second-order valence-corrected chi connectivity index (χ2v) is 12.8. The lowest BCUT2D eigenvalue weighted by Gasteiger charge is -2.24. The van der Waals surface area contributed by atoms with Gasteiger partial charge in [-0.2, -0.15) is 0 Å². The molecular weight excluding hydrogens is 544 g/mol. The standard InChI is InChI=1S/C35H36N2O4S/c1-34(2)26-14-8-10-16-28(26)36(5)31(34)19-23(38)21-41-33(40)25-13-7-12-18-30(25)42-22-24(39)20-32-35(3,4)27-15-9-11-17-29(27)37(32)6/h7-20H,21-22H2,1-6H3/b31-19+,32-20+. The SMILES string of the molecule is CN1/C(=C/C(=O)COC(=O)c2ccccc2SCC(=O)/C=C2/N(C)c3ccccc3C2(C)C)C(C)(C)c2ccccc21. The van der Waals surface area contributed by atoms with Crippen LogP contribution in [-0.4, -0.2) is 44.0 Å². The number of carbonyl (C=O) groups excluding carboxylic acids is 3. The largest absolute Gasteiger partial charge is 0.454 e. The average molecular weight is 581 g/mol. The van der Waals surface area contributed by atoms with Gasteiger partial charge in [0.05, 0.1) is 11.3 Å². The number of rotatable bonds is 8. The molecule has 6 nitrogen and oxygen atoms in total. The molecule has 0 aliphatic carbocycles. The number of benzene rings is 3. The Kier molecular flexibility index (Phi) is 7.90. The quantitative estimate of drug-likeness (QED) is 0.167. The highest BCUT2D eigenvalue weighted by atomic mass is 32.2. The van der Waals surface area contributed by atoms with E-state index in [1.54, 1.807) is 30.4 Å². The van der Waals surface area contributed by atoms with Crippen molar-refractivity contribution in [1.29, 1.82) is 0 Å². The minimum Gasteiger partial charge on any atom is -0.454 e. The first-order valence-corrected chi connectivity index (χ1v) is 15.0. The summed E-state index contributed by atoms with van der Waals surface area (Å²) in [7, 11) is 3.92. The van der Waals surface area contributed by atoms with Gasteiger partial charge in [0.2, 0.25) is 0 Å². The fourth-order valence-electron chi connectivity index (χ4n) is 6.03. The third kappa shape index (κ3) is 5.29. The summed E-state index contributed by atoms with van der Waals surface area (Å²) < 4.78 is 5.44. The zero-order valence-corrected chi connectivity index (χ0v) is 25.7. The van der Waals surface area contributed by atoms with Crippen LogP contribution in [0.5, 0.6) is 0 Å². The highest BCUT2D eigenvalue weighted by molar-refractivity contribution is 8.00. The molecule has 5 rings (SSSR count). The van der Waals surface area contributed by atoms with Crippen molar-refractivity contribution in [2.75, 3.05) is 36.3 Å². The van der Waals surface area contributed by atoms with Crippen LogP contribution in [0.25, 0.3) is 0 Å². The number of allylic oxidation sites excluding steroid dienone is 3. The van der Waals surface area contributed by atoms with Gasteiger partial charge in [0, 0.05) is 64.7 Å². The van der Waals surface area contributed by atoms with Gasteiger partial charge in [-0.25, -0.2) is 4.79 Å². The summed E-state index contributed by atoms with van der Waals surface area (Å²) >= 11 is 1.29. The van der Waals surface area contributed by atoms with Crippen LogP contribution in [0.1, 0.15) is 49.2 Å². The van der Waals surface area contributed by atoms with Gasteiger partial charge in [0.1, 0.15) is 0 Å². The number of nitrogens with zero attached hydrogens (tertiary/aromatic N) is 2. The summed E-state index contributed by atoms with van der Waals surface area (Å²) in [6, 6.07) is 23.3. The minimum absolute atomic E-state index is 0.0444. The summed E-state index contributed by atoms with van der Waals surface area (Å²) in [4.78, 5) is 43.7. The molecule has 2 aliphatic rings. The molecule has 7 heteroatoms. The van der Waals surface area contributed by atoms with Gasteiger partial charge in [-0.05, 0) is 35.4 Å². The molecule has 3 aromatic carbocycles. The summed E-state index contributed by atoms with van der Waals surface area (Å²) in [6.07, 6.45) is 3.28. The van der Waals surface area contributed by atoms with Gasteiger partial charge in [-0.3, -0.25) is 9.59 Å². The molecule has 0 saturated carbocycles. The second kappa shape index (κ2) is 11.3. The Morgan fingerprint density at radius 2 is 1.19 bits per heavy atom. The van der Waals surface area contributed by atoms with Gasteiger partial charge in [0.25, 0.3) is 0 Å². The van der Waals surface area contributed by atoms with Crippen LogP contribution in [0.2, 0.25) is 0 Å². The predicted octanol–water partition coefficient (Wildman–Crippen LogP) is 6.70. The van der Waals surface area contributed by atoms with Gasteiger partial charge in [-0.15, -0.1) is 11.8 Å². The Bertz CT molecular complexity index is 1640. The number of fused-ring (bicyclic) bond motifs is 2. The molecule has 0 unspecified atom stereocenters. The molecule has 216 valence electrons. The fraction of sp³-hybridized carbons (Fsp3) is 0.286. The highest BCUT2D eigenvalue weighted by Crippen LogP contribution is 2.47. The molecule has 0 N–H and O–H groups in total. The number of likely N-dealkylation sites (N-methyl/N-ethyl adjacent to an activating group) is 2. The Balaban J connectivity index is 1.23. The Hall–Kier alpha value is -4.10. The number of esters is 1. The summed E-state index contributed by atoms with van der Waals surface area (Å²) in [6.45, 7) is 8.03. The molecule has 0 fully saturated rings. The third-order valence-corrected chi connectivity index (χ3v) is 9.39. The Morgan fingerprint density at radius 3 is 1.74 bits per heavy atom. The van der Waals surface area contributed by atoms with Crippen LogP contribution in [0, 0.1) is 0 Å².